The molecule has 4 aliphatic rings. The molecule has 43 heavy (non-hydrogen) atoms. The number of hydrogen-bond acceptors (Lipinski definition) is 8. The number of amides is 1. The van der Waals surface area contributed by atoms with Crippen molar-refractivity contribution in [1.82, 2.24) is 10.6 Å². The average molecular weight is 749 g/mol. The minimum atomic E-state index is -1.50. The van der Waals surface area contributed by atoms with Gasteiger partial charge in [0, 0.05) is 74.9 Å². The van der Waals surface area contributed by atoms with Crippen molar-refractivity contribution in [2.75, 3.05) is 45.8 Å². The van der Waals surface area contributed by atoms with Gasteiger partial charge in [0.2, 0.25) is 5.91 Å². The Hall–Kier alpha value is -2.06. The third-order valence-corrected chi connectivity index (χ3v) is 5.73. The number of piperidine rings is 3. The molecule has 4 rings (SSSR count). The first-order chi connectivity index (χ1) is 18.2. The minimum Gasteiger partial charge on any atom is -0.859 e. The van der Waals surface area contributed by atoms with Crippen molar-refractivity contribution >= 4 is 11.8 Å². The Kier molecular flexibility index (Phi) is 36.9. The first-order valence-corrected chi connectivity index (χ1v) is 12.4. The van der Waals surface area contributed by atoms with Crippen LogP contribution < -0.4 is 15.7 Å². The molecule has 0 saturated carbocycles. The minimum absolute atomic E-state index is 0. The normalized spacial score (nSPS) is 21.8. The Morgan fingerprint density at radius 2 is 1.42 bits per heavy atom. The maximum absolute atomic E-state index is 11.9. The average Bonchev–Trinajstić information content (AvgIpc) is 2.91. The van der Waals surface area contributed by atoms with Crippen LogP contribution in [0.4, 0.5) is 0 Å². The van der Waals surface area contributed by atoms with Crippen molar-refractivity contribution < 1.29 is 80.8 Å². The molecule has 1 amide bonds. The summed E-state index contributed by atoms with van der Waals surface area (Å²) in [5.74, 6) is 0.232. The van der Waals surface area contributed by atoms with Gasteiger partial charge >= 0.3 is 0 Å². The van der Waals surface area contributed by atoms with Crippen molar-refractivity contribution in [3.8, 4) is 0 Å². The Bertz CT molecular complexity index is 805. The van der Waals surface area contributed by atoms with Gasteiger partial charge in [-0.05, 0) is 43.0 Å². The predicted molar refractivity (Wildman–Crippen MR) is 147 cm³/mol. The molecule has 3 radical (unpaired) electrons. The molecule has 0 spiro atoms. The van der Waals surface area contributed by atoms with Crippen molar-refractivity contribution in [3.63, 3.8) is 0 Å². The molecule has 0 aromatic rings. The van der Waals surface area contributed by atoms with E-state index in [4.69, 9.17) is 30.6 Å². The fourth-order valence-electron chi connectivity index (χ4n) is 3.96. The smallest absolute Gasteiger partial charge is 0.291 e. The van der Waals surface area contributed by atoms with Crippen LogP contribution in [0.1, 0.15) is 38.5 Å². The van der Waals surface area contributed by atoms with E-state index in [1.807, 2.05) is 18.4 Å². The molecule has 4 heterocycles. The number of carbonyl (C=O) groups is 1. The standard InChI is InChI=1S/C11H19N3O.C11H16N3O.3Co.2HNO3.2H2N/c2*15-11(9-3-1-5-12-7-9)14-10-4-2-6-13-8-10;;;;2*2-1(3)4;;/h9-10H,1-8H2,(H,14,15);1,3,5,10,12H,2,4,6-8H2,(H,14,15);;;;2*(H,2,3,4);2*1H2/q-2;-1;;;;;;2*-1/p-1. The summed E-state index contributed by atoms with van der Waals surface area (Å²) < 4.78 is 0. The largest absolute Gasteiger partial charge is 0.859 e. The molecule has 0 bridgehead atoms. The maximum atomic E-state index is 11.9. The number of nitrogens with zero attached hydrogens (tertiary/aromatic N) is 6. The van der Waals surface area contributed by atoms with Crippen molar-refractivity contribution in [1.29, 1.82) is 0 Å². The third-order valence-electron chi connectivity index (χ3n) is 5.73. The fraction of sp³-hybridized carbons (Fsp3) is 0.727. The number of rotatable bonds is 4. The predicted octanol–water partition coefficient (Wildman–Crippen LogP) is 2.48. The Morgan fingerprint density at radius 3 is 1.84 bits per heavy atom. The zero-order valence-corrected chi connectivity index (χ0v) is 26.5. The van der Waals surface area contributed by atoms with E-state index in [0.29, 0.717) is 13.1 Å². The van der Waals surface area contributed by atoms with Gasteiger partial charge in [-0.1, -0.05) is 25.3 Å². The third kappa shape index (κ3) is 27.2. The number of carbonyl (C=O) groups excluding carboxylic acids is 1. The van der Waals surface area contributed by atoms with E-state index in [1.54, 1.807) is 0 Å². The van der Waals surface area contributed by atoms with Crippen LogP contribution >= 0.6 is 0 Å². The van der Waals surface area contributed by atoms with Crippen molar-refractivity contribution in [2.45, 2.75) is 50.6 Å². The van der Waals surface area contributed by atoms with Gasteiger partial charge in [-0.25, -0.2) is 0 Å². The Labute approximate surface area is 282 Å². The van der Waals surface area contributed by atoms with E-state index < -0.39 is 10.2 Å². The molecule has 259 valence electrons. The zero-order chi connectivity index (χ0) is 28.2. The first-order valence-electron chi connectivity index (χ1n) is 12.4. The summed E-state index contributed by atoms with van der Waals surface area (Å²) in [6.07, 6.45) is 11.8. The molecule has 3 fully saturated rings. The van der Waals surface area contributed by atoms with E-state index >= 15 is 0 Å². The van der Waals surface area contributed by atoms with Crippen molar-refractivity contribution in [3.05, 3.63) is 72.4 Å². The second-order valence-corrected chi connectivity index (χ2v) is 8.71. The monoisotopic (exact) mass is 749 g/mol. The molecule has 0 aromatic heterocycles. The number of nitrogens with one attached hydrogen (secondary N) is 2. The summed E-state index contributed by atoms with van der Waals surface area (Å²) >= 11 is 0. The zero-order valence-electron chi connectivity index (χ0n) is 23.3. The van der Waals surface area contributed by atoms with Gasteiger partial charge in [0.15, 0.2) is 0 Å². The first kappa shape index (κ1) is 50.6. The van der Waals surface area contributed by atoms with Crippen LogP contribution in [-0.2, 0) is 55.1 Å². The number of nitrogens with two attached hydrogens (primary N) is 2. The fourth-order valence-corrected chi connectivity index (χ4v) is 3.96. The van der Waals surface area contributed by atoms with E-state index in [9.17, 15) is 9.90 Å². The van der Waals surface area contributed by atoms with Gasteiger partial charge in [-0.3, -0.25) is 9.79 Å². The van der Waals surface area contributed by atoms with Crippen LogP contribution in [0, 0.1) is 26.1 Å². The van der Waals surface area contributed by atoms with Gasteiger partial charge < -0.3 is 54.4 Å². The molecular weight excluding hydrogens is 709 g/mol. The van der Waals surface area contributed by atoms with E-state index in [-0.39, 0.29) is 92.4 Å². The molecule has 3 atom stereocenters. The SMILES string of the molecule is O=C(NC1CCC[N-]C1)C1CCC[N-]C1.O=[N+]([O-])O.O=[N+]([O-])O.[Co].[Co].[Co].[NH2-].[NH2-].[O-]C(=NC1CCC[N-]C1)C1=CC=CNC1. The van der Waals surface area contributed by atoms with E-state index in [0.717, 1.165) is 76.8 Å². The molecule has 0 aromatic carbocycles. The van der Waals surface area contributed by atoms with Gasteiger partial charge in [0.05, 0.1) is 0 Å². The number of allylic oxidation sites excluding steroid dienone is 2. The Balaban J connectivity index is -0.000000164. The molecule has 3 saturated heterocycles. The number of dihydropyridines is 1. The van der Waals surface area contributed by atoms with Crippen LogP contribution in [-0.4, -0.2) is 90.3 Å². The number of aliphatic imine (C=N–C) groups is 1. The van der Waals surface area contributed by atoms with Crippen LogP contribution in [0.15, 0.2) is 28.9 Å². The van der Waals surface area contributed by atoms with Gasteiger partial charge in [0.1, 0.15) is 0 Å². The van der Waals surface area contributed by atoms with E-state index in [1.165, 1.54) is 0 Å². The van der Waals surface area contributed by atoms with Gasteiger partial charge in [-0.15, -0.1) is 59.5 Å². The molecule has 8 N–H and O–H groups in total. The summed E-state index contributed by atoms with van der Waals surface area (Å²) in [4.78, 5) is 32.8. The summed E-state index contributed by atoms with van der Waals surface area (Å²) in [6, 6.07) is 0.395. The quantitative estimate of drug-likeness (QED) is 0.142. The van der Waals surface area contributed by atoms with Gasteiger partial charge in [0.25, 0.3) is 10.2 Å². The molecule has 21 heteroatoms. The second-order valence-electron chi connectivity index (χ2n) is 8.71. The summed E-state index contributed by atoms with van der Waals surface area (Å²) in [7, 11) is 0. The van der Waals surface area contributed by atoms with Gasteiger partial charge in [-0.2, -0.15) is 0 Å². The molecule has 3 unspecified atom stereocenters. The summed E-state index contributed by atoms with van der Waals surface area (Å²) in [6.45, 7) is 5.64. The topological polar surface area (TPSA) is 313 Å². The molecular formula is C22H40Co3N10O8-6. The number of hydrogen-bond donors (Lipinski definition) is 4. The summed E-state index contributed by atoms with van der Waals surface area (Å²) in [5.41, 5.74) is 0.739. The van der Waals surface area contributed by atoms with E-state index in [2.05, 4.69) is 31.6 Å². The Morgan fingerprint density at radius 1 is 0.907 bits per heavy atom. The summed E-state index contributed by atoms with van der Waals surface area (Å²) in [5, 5.41) is 58.0. The van der Waals surface area contributed by atoms with Crippen LogP contribution in [0.2, 0.25) is 0 Å². The van der Waals surface area contributed by atoms with Crippen LogP contribution in [0.3, 0.4) is 0 Å². The van der Waals surface area contributed by atoms with Crippen LogP contribution in [0.25, 0.3) is 28.3 Å². The molecule has 18 nitrogen and oxygen atoms in total. The molecule has 0 aliphatic carbocycles. The van der Waals surface area contributed by atoms with Crippen LogP contribution in [0.5, 0.6) is 0 Å². The molecule has 4 aliphatic heterocycles. The van der Waals surface area contributed by atoms with Crippen molar-refractivity contribution in [2.24, 2.45) is 10.9 Å². The second kappa shape index (κ2) is 31.4. The maximum Gasteiger partial charge on any atom is 0.291 e.